The summed E-state index contributed by atoms with van der Waals surface area (Å²) < 4.78 is 23.1. The van der Waals surface area contributed by atoms with Gasteiger partial charge in [-0.25, -0.2) is 4.39 Å². The van der Waals surface area contributed by atoms with Crippen LogP contribution in [-0.4, -0.2) is 26.9 Å². The number of rotatable bonds is 6. The van der Waals surface area contributed by atoms with Crippen LogP contribution in [0.3, 0.4) is 0 Å². The summed E-state index contributed by atoms with van der Waals surface area (Å²) in [5.74, 6) is 0.203. The molecule has 1 N–H and O–H groups in total. The highest BCUT2D eigenvalue weighted by atomic mass is 19.1. The van der Waals surface area contributed by atoms with Gasteiger partial charge in [0.2, 0.25) is 0 Å². The number of hydrogen-bond donors (Lipinski definition) is 1. The normalized spacial score (nSPS) is 10.1. The molecule has 0 unspecified atom stereocenters. The molecule has 0 aliphatic heterocycles. The Bertz CT molecular complexity index is 305. The van der Waals surface area contributed by atoms with E-state index < -0.39 is 0 Å². The number of anilines is 1. The molecule has 4 heteroatoms. The first kappa shape index (κ1) is 11.8. The Labute approximate surface area is 89.2 Å². The van der Waals surface area contributed by atoms with Crippen LogP contribution in [0.25, 0.3) is 0 Å². The van der Waals surface area contributed by atoms with Gasteiger partial charge < -0.3 is 14.8 Å². The number of nitrogens with one attached hydrogen (secondary N) is 1. The Kier molecular flexibility index (Phi) is 4.90. The van der Waals surface area contributed by atoms with E-state index in [-0.39, 0.29) is 5.82 Å². The van der Waals surface area contributed by atoms with E-state index in [9.17, 15) is 4.39 Å². The monoisotopic (exact) mass is 213 g/mol. The van der Waals surface area contributed by atoms with Gasteiger partial charge in [0.25, 0.3) is 0 Å². The lowest BCUT2D eigenvalue weighted by molar-refractivity contribution is 0.158. The minimum Gasteiger partial charge on any atom is -0.494 e. The molecule has 0 spiro atoms. The maximum atomic E-state index is 12.8. The molecule has 15 heavy (non-hydrogen) atoms. The maximum absolute atomic E-state index is 12.8. The van der Waals surface area contributed by atoms with E-state index in [0.717, 1.165) is 5.69 Å². The number of halogens is 1. The molecular weight excluding hydrogens is 197 g/mol. The third kappa shape index (κ3) is 3.75. The van der Waals surface area contributed by atoms with Gasteiger partial charge in [-0.3, -0.25) is 0 Å². The van der Waals surface area contributed by atoms with Gasteiger partial charge in [-0.1, -0.05) is 0 Å². The molecule has 0 fully saturated rings. The Balaban J connectivity index is 2.52. The standard InChI is InChI=1S/C11H16FNO2/c1-3-15-7-6-13-10-5-4-9(12)8-11(10)14-2/h4-5,8,13H,3,6-7H2,1-2H3. The Morgan fingerprint density at radius 3 is 2.87 bits per heavy atom. The fraction of sp³-hybridized carbons (Fsp3) is 0.455. The maximum Gasteiger partial charge on any atom is 0.144 e. The average molecular weight is 213 g/mol. The van der Waals surface area contributed by atoms with Crippen molar-refractivity contribution >= 4 is 5.69 Å². The largest absolute Gasteiger partial charge is 0.494 e. The molecule has 1 rings (SSSR count). The summed E-state index contributed by atoms with van der Waals surface area (Å²) in [7, 11) is 1.52. The molecule has 0 saturated heterocycles. The van der Waals surface area contributed by atoms with Crippen molar-refractivity contribution in [3.05, 3.63) is 24.0 Å². The van der Waals surface area contributed by atoms with Crippen LogP contribution >= 0.6 is 0 Å². The minimum absolute atomic E-state index is 0.304. The predicted molar refractivity (Wildman–Crippen MR) is 57.9 cm³/mol. The van der Waals surface area contributed by atoms with Gasteiger partial charge in [0.05, 0.1) is 19.4 Å². The zero-order valence-corrected chi connectivity index (χ0v) is 9.05. The van der Waals surface area contributed by atoms with E-state index in [1.807, 2.05) is 6.92 Å². The van der Waals surface area contributed by atoms with Crippen LogP contribution in [0.2, 0.25) is 0 Å². The SMILES string of the molecule is CCOCCNc1ccc(F)cc1OC. The number of benzene rings is 1. The highest BCUT2D eigenvalue weighted by molar-refractivity contribution is 5.56. The van der Waals surface area contributed by atoms with Gasteiger partial charge in [-0.2, -0.15) is 0 Å². The zero-order valence-electron chi connectivity index (χ0n) is 9.05. The lowest BCUT2D eigenvalue weighted by atomic mass is 10.3. The molecule has 0 aliphatic carbocycles. The smallest absolute Gasteiger partial charge is 0.144 e. The third-order valence-corrected chi connectivity index (χ3v) is 1.93. The molecule has 0 atom stereocenters. The van der Waals surface area contributed by atoms with Crippen LogP contribution in [0.5, 0.6) is 5.75 Å². The van der Waals surface area contributed by atoms with Crippen LogP contribution in [-0.2, 0) is 4.74 Å². The Morgan fingerprint density at radius 1 is 1.40 bits per heavy atom. The van der Waals surface area contributed by atoms with Crippen LogP contribution in [0.15, 0.2) is 18.2 Å². The van der Waals surface area contributed by atoms with Crippen molar-refractivity contribution in [3.63, 3.8) is 0 Å². The summed E-state index contributed by atoms with van der Waals surface area (Å²) in [5.41, 5.74) is 0.776. The van der Waals surface area contributed by atoms with Crippen molar-refractivity contribution in [1.29, 1.82) is 0 Å². The van der Waals surface area contributed by atoms with Gasteiger partial charge in [0.1, 0.15) is 11.6 Å². The second kappa shape index (κ2) is 6.24. The molecule has 0 saturated carbocycles. The fourth-order valence-electron chi connectivity index (χ4n) is 1.21. The Hall–Kier alpha value is -1.29. The van der Waals surface area contributed by atoms with Gasteiger partial charge >= 0.3 is 0 Å². The first-order valence-electron chi connectivity index (χ1n) is 4.93. The molecule has 0 radical (unpaired) electrons. The van der Waals surface area contributed by atoms with Crippen molar-refractivity contribution in [1.82, 2.24) is 0 Å². The summed E-state index contributed by atoms with van der Waals surface area (Å²) in [6, 6.07) is 4.40. The predicted octanol–water partition coefficient (Wildman–Crippen LogP) is 2.28. The molecule has 3 nitrogen and oxygen atoms in total. The highest BCUT2D eigenvalue weighted by Crippen LogP contribution is 2.24. The van der Waals surface area contributed by atoms with E-state index in [1.165, 1.54) is 19.2 Å². The van der Waals surface area contributed by atoms with Crippen LogP contribution < -0.4 is 10.1 Å². The molecule has 1 aromatic carbocycles. The van der Waals surface area contributed by atoms with E-state index in [2.05, 4.69) is 5.32 Å². The van der Waals surface area contributed by atoms with Crippen molar-refractivity contribution in [2.75, 3.05) is 32.2 Å². The third-order valence-electron chi connectivity index (χ3n) is 1.93. The lowest BCUT2D eigenvalue weighted by Gasteiger charge is -2.10. The van der Waals surface area contributed by atoms with Gasteiger partial charge in [-0.15, -0.1) is 0 Å². The number of ether oxygens (including phenoxy) is 2. The molecule has 0 amide bonds. The molecule has 0 bridgehead atoms. The molecular formula is C11H16FNO2. The van der Waals surface area contributed by atoms with Crippen molar-refractivity contribution < 1.29 is 13.9 Å². The second-order valence-electron chi connectivity index (χ2n) is 2.97. The Morgan fingerprint density at radius 2 is 2.20 bits per heavy atom. The summed E-state index contributed by atoms with van der Waals surface area (Å²) in [6.07, 6.45) is 0. The summed E-state index contributed by atoms with van der Waals surface area (Å²) in [6.45, 7) is 3.94. The van der Waals surface area contributed by atoms with Crippen molar-refractivity contribution in [3.8, 4) is 5.75 Å². The zero-order chi connectivity index (χ0) is 11.1. The molecule has 1 aromatic rings. The van der Waals surface area contributed by atoms with Crippen LogP contribution in [0.1, 0.15) is 6.92 Å². The molecule has 84 valence electrons. The highest BCUT2D eigenvalue weighted by Gasteiger charge is 2.03. The number of hydrogen-bond acceptors (Lipinski definition) is 3. The average Bonchev–Trinajstić information content (AvgIpc) is 2.26. The van der Waals surface area contributed by atoms with Gasteiger partial charge in [-0.05, 0) is 19.1 Å². The van der Waals surface area contributed by atoms with E-state index in [0.29, 0.717) is 25.5 Å². The van der Waals surface area contributed by atoms with Gasteiger partial charge in [0.15, 0.2) is 0 Å². The van der Waals surface area contributed by atoms with Gasteiger partial charge in [0, 0.05) is 19.2 Å². The summed E-state index contributed by atoms with van der Waals surface area (Å²) in [5, 5.41) is 3.11. The quantitative estimate of drug-likeness (QED) is 0.735. The van der Waals surface area contributed by atoms with E-state index in [4.69, 9.17) is 9.47 Å². The van der Waals surface area contributed by atoms with E-state index in [1.54, 1.807) is 6.07 Å². The lowest BCUT2D eigenvalue weighted by Crippen LogP contribution is -2.09. The fourth-order valence-corrected chi connectivity index (χ4v) is 1.21. The minimum atomic E-state index is -0.304. The summed E-state index contributed by atoms with van der Waals surface area (Å²) in [4.78, 5) is 0. The number of methoxy groups -OCH3 is 1. The van der Waals surface area contributed by atoms with E-state index >= 15 is 0 Å². The van der Waals surface area contributed by atoms with Crippen LogP contribution in [0, 0.1) is 5.82 Å². The van der Waals surface area contributed by atoms with Crippen molar-refractivity contribution in [2.24, 2.45) is 0 Å². The topological polar surface area (TPSA) is 30.5 Å². The molecule has 0 aromatic heterocycles. The first-order valence-corrected chi connectivity index (χ1v) is 4.93. The summed E-state index contributed by atoms with van der Waals surface area (Å²) >= 11 is 0. The van der Waals surface area contributed by atoms with Crippen LogP contribution in [0.4, 0.5) is 10.1 Å². The molecule has 0 aliphatic rings. The second-order valence-corrected chi connectivity index (χ2v) is 2.97. The molecule has 0 heterocycles. The van der Waals surface area contributed by atoms with Crippen molar-refractivity contribution in [2.45, 2.75) is 6.92 Å². The first-order chi connectivity index (χ1) is 7.27.